The Balaban J connectivity index is 2.41. The van der Waals surface area contributed by atoms with Gasteiger partial charge in [-0.15, -0.1) is 0 Å². The van der Waals surface area contributed by atoms with E-state index in [1.165, 1.54) is 22.3 Å². The molecule has 0 aliphatic heterocycles. The zero-order valence-electron chi connectivity index (χ0n) is 9.63. The molecule has 0 fully saturated rings. The number of benzene rings is 2. The van der Waals surface area contributed by atoms with Gasteiger partial charge in [0.25, 0.3) is 0 Å². The largest absolute Gasteiger partial charge is 0.0840 e. The predicted octanol–water partition coefficient (Wildman–Crippen LogP) is 4.88. The van der Waals surface area contributed by atoms with Crippen molar-refractivity contribution in [3.8, 4) is 11.1 Å². The number of hydrogen-bond donors (Lipinski definition) is 0. The van der Waals surface area contributed by atoms with Gasteiger partial charge in [0.15, 0.2) is 0 Å². The van der Waals surface area contributed by atoms with Crippen LogP contribution in [0.15, 0.2) is 42.5 Å². The van der Waals surface area contributed by atoms with Gasteiger partial charge in [-0.25, -0.2) is 0 Å². The summed E-state index contributed by atoms with van der Waals surface area (Å²) in [5, 5.41) is 0.862. The van der Waals surface area contributed by atoms with E-state index in [0.717, 1.165) is 11.4 Å². The van der Waals surface area contributed by atoms with Crippen LogP contribution in [0.1, 0.15) is 18.1 Å². The van der Waals surface area contributed by atoms with Gasteiger partial charge in [0.2, 0.25) is 0 Å². The van der Waals surface area contributed by atoms with Gasteiger partial charge in [0, 0.05) is 5.02 Å². The molecule has 1 heteroatoms. The molecule has 0 aliphatic carbocycles. The Hall–Kier alpha value is -1.27. The Bertz CT molecular complexity index is 483. The first-order valence-corrected chi connectivity index (χ1v) is 5.94. The summed E-state index contributed by atoms with van der Waals surface area (Å²) in [6.45, 7) is 4.21. The van der Waals surface area contributed by atoms with E-state index in [-0.39, 0.29) is 0 Å². The molecule has 16 heavy (non-hydrogen) atoms. The molecule has 0 saturated heterocycles. The molecule has 0 spiro atoms. The average molecular weight is 231 g/mol. The SMILES string of the molecule is CCc1ccc(-c2ccc(C)cc2)cc1Cl. The zero-order chi connectivity index (χ0) is 11.5. The summed E-state index contributed by atoms with van der Waals surface area (Å²) in [6.07, 6.45) is 0.979. The smallest absolute Gasteiger partial charge is 0.0444 e. The molecule has 0 radical (unpaired) electrons. The van der Waals surface area contributed by atoms with E-state index in [1.807, 2.05) is 6.07 Å². The first-order chi connectivity index (χ1) is 7.70. The lowest BCUT2D eigenvalue weighted by molar-refractivity contribution is 1.14. The van der Waals surface area contributed by atoms with Crippen molar-refractivity contribution < 1.29 is 0 Å². The van der Waals surface area contributed by atoms with Crippen LogP contribution in [0.2, 0.25) is 5.02 Å². The lowest BCUT2D eigenvalue weighted by Crippen LogP contribution is -1.84. The maximum atomic E-state index is 6.21. The number of rotatable bonds is 2. The maximum absolute atomic E-state index is 6.21. The summed E-state index contributed by atoms with van der Waals surface area (Å²) in [4.78, 5) is 0. The van der Waals surface area contributed by atoms with Gasteiger partial charge in [-0.2, -0.15) is 0 Å². The van der Waals surface area contributed by atoms with Gasteiger partial charge in [0.05, 0.1) is 0 Å². The Morgan fingerprint density at radius 2 is 1.56 bits per heavy atom. The highest BCUT2D eigenvalue weighted by molar-refractivity contribution is 6.31. The molecule has 2 aromatic carbocycles. The maximum Gasteiger partial charge on any atom is 0.0444 e. The fourth-order valence-electron chi connectivity index (χ4n) is 1.76. The lowest BCUT2D eigenvalue weighted by atomic mass is 10.0. The van der Waals surface area contributed by atoms with Crippen molar-refractivity contribution in [2.75, 3.05) is 0 Å². The fourth-order valence-corrected chi connectivity index (χ4v) is 2.07. The average Bonchev–Trinajstić information content (AvgIpc) is 2.30. The topological polar surface area (TPSA) is 0 Å². The third-order valence-electron chi connectivity index (χ3n) is 2.82. The summed E-state index contributed by atoms with van der Waals surface area (Å²) >= 11 is 6.21. The minimum atomic E-state index is 0.862. The minimum Gasteiger partial charge on any atom is -0.0840 e. The standard InChI is InChI=1S/C15H15Cl/c1-3-12-8-9-14(10-15(12)16)13-6-4-11(2)5-7-13/h4-10H,3H2,1-2H3. The third kappa shape index (κ3) is 2.28. The van der Waals surface area contributed by atoms with E-state index in [2.05, 4.69) is 50.2 Å². The second kappa shape index (κ2) is 4.71. The molecule has 2 rings (SSSR count). The van der Waals surface area contributed by atoms with Crippen LogP contribution >= 0.6 is 11.6 Å². The quantitative estimate of drug-likeness (QED) is 0.690. The number of aryl methyl sites for hydroxylation is 2. The molecule has 0 aromatic heterocycles. The molecule has 0 unspecified atom stereocenters. The summed E-state index contributed by atoms with van der Waals surface area (Å²) < 4.78 is 0. The van der Waals surface area contributed by atoms with Crippen molar-refractivity contribution in [2.24, 2.45) is 0 Å². The molecule has 82 valence electrons. The molecular weight excluding hydrogens is 216 g/mol. The summed E-state index contributed by atoms with van der Waals surface area (Å²) in [5.41, 5.74) is 4.88. The van der Waals surface area contributed by atoms with E-state index in [0.29, 0.717) is 0 Å². The summed E-state index contributed by atoms with van der Waals surface area (Å²) in [6, 6.07) is 14.8. The van der Waals surface area contributed by atoms with Crippen LogP contribution in [0.5, 0.6) is 0 Å². The molecule has 2 aromatic rings. The van der Waals surface area contributed by atoms with Gasteiger partial charge in [0.1, 0.15) is 0 Å². The summed E-state index contributed by atoms with van der Waals surface area (Å²) in [7, 11) is 0. The van der Waals surface area contributed by atoms with Crippen LogP contribution in [0.4, 0.5) is 0 Å². The van der Waals surface area contributed by atoms with Crippen LogP contribution < -0.4 is 0 Å². The molecule has 0 amide bonds. The Kier molecular flexibility index (Phi) is 3.31. The van der Waals surface area contributed by atoms with Crippen molar-refractivity contribution >= 4 is 11.6 Å². The minimum absolute atomic E-state index is 0.862. The van der Waals surface area contributed by atoms with E-state index in [1.54, 1.807) is 0 Å². The Labute approximate surface area is 102 Å². The van der Waals surface area contributed by atoms with E-state index in [4.69, 9.17) is 11.6 Å². The van der Waals surface area contributed by atoms with Crippen molar-refractivity contribution in [3.05, 3.63) is 58.6 Å². The molecule has 0 atom stereocenters. The third-order valence-corrected chi connectivity index (χ3v) is 3.17. The highest BCUT2D eigenvalue weighted by Gasteiger charge is 2.02. The number of halogens is 1. The van der Waals surface area contributed by atoms with Crippen molar-refractivity contribution in [2.45, 2.75) is 20.3 Å². The first-order valence-electron chi connectivity index (χ1n) is 5.56. The van der Waals surface area contributed by atoms with Gasteiger partial charge >= 0.3 is 0 Å². The highest BCUT2D eigenvalue weighted by atomic mass is 35.5. The van der Waals surface area contributed by atoms with Crippen LogP contribution in [0, 0.1) is 6.92 Å². The molecule has 0 N–H and O–H groups in total. The highest BCUT2D eigenvalue weighted by Crippen LogP contribution is 2.26. The fraction of sp³-hybridized carbons (Fsp3) is 0.200. The molecule has 0 heterocycles. The molecule has 0 aliphatic rings. The Morgan fingerprint density at radius 1 is 0.938 bits per heavy atom. The van der Waals surface area contributed by atoms with Crippen molar-refractivity contribution in [1.29, 1.82) is 0 Å². The second-order valence-corrected chi connectivity index (χ2v) is 4.43. The Morgan fingerprint density at radius 3 is 2.12 bits per heavy atom. The molecule has 0 bridgehead atoms. The molecular formula is C15H15Cl. The second-order valence-electron chi connectivity index (χ2n) is 4.03. The zero-order valence-corrected chi connectivity index (χ0v) is 10.4. The van der Waals surface area contributed by atoms with Crippen LogP contribution in [-0.2, 0) is 6.42 Å². The van der Waals surface area contributed by atoms with Crippen LogP contribution in [0.25, 0.3) is 11.1 Å². The monoisotopic (exact) mass is 230 g/mol. The van der Waals surface area contributed by atoms with Gasteiger partial charge in [-0.3, -0.25) is 0 Å². The normalized spacial score (nSPS) is 10.4. The van der Waals surface area contributed by atoms with Crippen LogP contribution in [-0.4, -0.2) is 0 Å². The van der Waals surface area contributed by atoms with Crippen LogP contribution in [0.3, 0.4) is 0 Å². The molecule has 0 nitrogen and oxygen atoms in total. The van der Waals surface area contributed by atoms with Gasteiger partial charge < -0.3 is 0 Å². The lowest BCUT2D eigenvalue weighted by Gasteiger charge is -2.06. The first kappa shape index (κ1) is 11.2. The predicted molar refractivity (Wildman–Crippen MR) is 71.0 cm³/mol. The summed E-state index contributed by atoms with van der Waals surface area (Å²) in [5.74, 6) is 0. The van der Waals surface area contributed by atoms with Crippen molar-refractivity contribution in [3.63, 3.8) is 0 Å². The van der Waals surface area contributed by atoms with E-state index < -0.39 is 0 Å². The van der Waals surface area contributed by atoms with E-state index in [9.17, 15) is 0 Å². The van der Waals surface area contributed by atoms with Gasteiger partial charge in [-0.05, 0) is 36.1 Å². The van der Waals surface area contributed by atoms with Gasteiger partial charge in [-0.1, -0.05) is 60.5 Å². The molecule has 0 saturated carbocycles. The van der Waals surface area contributed by atoms with Crippen molar-refractivity contribution in [1.82, 2.24) is 0 Å². The number of hydrogen-bond acceptors (Lipinski definition) is 0. The van der Waals surface area contributed by atoms with E-state index >= 15 is 0 Å².